The highest BCUT2D eigenvalue weighted by atomic mass is 32.1. The summed E-state index contributed by atoms with van der Waals surface area (Å²) >= 11 is 1.42. The van der Waals surface area contributed by atoms with Gasteiger partial charge in [0.05, 0.1) is 17.7 Å². The maximum absolute atomic E-state index is 13.4. The van der Waals surface area contributed by atoms with Crippen LogP contribution in [0.3, 0.4) is 0 Å². The number of fused-ring (bicyclic) bond motifs is 1. The third kappa shape index (κ3) is 3.12. The molecule has 1 amide bonds. The summed E-state index contributed by atoms with van der Waals surface area (Å²) in [5.74, 6) is 0.588. The number of ether oxygens (including phenoxy) is 1. The summed E-state index contributed by atoms with van der Waals surface area (Å²) in [5.41, 5.74) is 1.06. The van der Waals surface area contributed by atoms with Crippen LogP contribution in [0.5, 0.6) is 5.75 Å². The Hall–Kier alpha value is -2.60. The molecule has 0 aliphatic carbocycles. The summed E-state index contributed by atoms with van der Waals surface area (Å²) in [6, 6.07) is 14.4. The summed E-state index contributed by atoms with van der Waals surface area (Å²) in [6.07, 6.45) is 0. The van der Waals surface area contributed by atoms with Crippen LogP contribution in [0.15, 0.2) is 48.5 Å². The van der Waals surface area contributed by atoms with Crippen molar-refractivity contribution in [2.24, 2.45) is 0 Å². The molecule has 0 N–H and O–H groups in total. The SMILES string of the molecule is COc1ccccc1N1CCN(C(=O)c2cc3cc(F)ccc3s2)CC1. The van der Waals surface area contributed by atoms with Crippen LogP contribution in [-0.4, -0.2) is 44.1 Å². The van der Waals surface area contributed by atoms with Crippen LogP contribution in [0.4, 0.5) is 10.1 Å². The molecule has 4 rings (SSSR count). The minimum Gasteiger partial charge on any atom is -0.495 e. The zero-order valence-corrected chi connectivity index (χ0v) is 15.3. The van der Waals surface area contributed by atoms with E-state index in [0.717, 1.165) is 34.6 Å². The van der Waals surface area contributed by atoms with Crippen LogP contribution in [0.2, 0.25) is 0 Å². The van der Waals surface area contributed by atoms with Gasteiger partial charge in [0.1, 0.15) is 11.6 Å². The van der Waals surface area contributed by atoms with Crippen LogP contribution in [0.25, 0.3) is 10.1 Å². The Labute approximate surface area is 155 Å². The van der Waals surface area contributed by atoms with E-state index in [4.69, 9.17) is 4.74 Å². The molecular weight excluding hydrogens is 351 g/mol. The molecule has 1 saturated heterocycles. The van der Waals surface area contributed by atoms with Crippen molar-refractivity contribution in [1.82, 2.24) is 4.90 Å². The number of rotatable bonds is 3. The minimum absolute atomic E-state index is 0.0197. The Morgan fingerprint density at radius 3 is 2.62 bits per heavy atom. The molecule has 0 radical (unpaired) electrons. The van der Waals surface area contributed by atoms with Gasteiger partial charge in [-0.25, -0.2) is 4.39 Å². The predicted octanol–water partition coefficient (Wildman–Crippen LogP) is 4.01. The fraction of sp³-hybridized carbons (Fsp3) is 0.250. The lowest BCUT2D eigenvalue weighted by Crippen LogP contribution is -2.48. The smallest absolute Gasteiger partial charge is 0.264 e. The quantitative estimate of drug-likeness (QED) is 0.698. The molecule has 1 aromatic heterocycles. The van der Waals surface area contributed by atoms with E-state index in [1.165, 1.54) is 23.5 Å². The van der Waals surface area contributed by atoms with Crippen LogP contribution >= 0.6 is 11.3 Å². The molecule has 0 unspecified atom stereocenters. The lowest BCUT2D eigenvalue weighted by Gasteiger charge is -2.36. The molecule has 26 heavy (non-hydrogen) atoms. The highest BCUT2D eigenvalue weighted by molar-refractivity contribution is 7.20. The average molecular weight is 370 g/mol. The fourth-order valence-electron chi connectivity index (χ4n) is 3.32. The van der Waals surface area contributed by atoms with Crippen molar-refractivity contribution in [1.29, 1.82) is 0 Å². The van der Waals surface area contributed by atoms with Gasteiger partial charge >= 0.3 is 0 Å². The van der Waals surface area contributed by atoms with Gasteiger partial charge in [0.25, 0.3) is 5.91 Å². The van der Waals surface area contributed by atoms with Gasteiger partial charge in [-0.1, -0.05) is 12.1 Å². The zero-order valence-electron chi connectivity index (χ0n) is 14.4. The first-order valence-electron chi connectivity index (χ1n) is 8.52. The third-order valence-corrected chi connectivity index (χ3v) is 5.79. The molecule has 2 heterocycles. The Bertz CT molecular complexity index is 948. The van der Waals surface area contributed by atoms with Crippen molar-refractivity contribution in [3.63, 3.8) is 0 Å². The molecule has 2 aromatic carbocycles. The molecule has 3 aromatic rings. The second-order valence-electron chi connectivity index (χ2n) is 6.24. The van der Waals surface area contributed by atoms with Crippen LogP contribution in [-0.2, 0) is 0 Å². The number of hydrogen-bond acceptors (Lipinski definition) is 4. The number of hydrogen-bond donors (Lipinski definition) is 0. The highest BCUT2D eigenvalue weighted by Crippen LogP contribution is 2.30. The summed E-state index contributed by atoms with van der Waals surface area (Å²) in [7, 11) is 1.67. The van der Waals surface area contributed by atoms with Crippen molar-refractivity contribution >= 4 is 33.0 Å². The number of benzene rings is 2. The van der Waals surface area contributed by atoms with Crippen molar-refractivity contribution in [3.8, 4) is 5.75 Å². The lowest BCUT2D eigenvalue weighted by molar-refractivity contribution is 0.0751. The predicted molar refractivity (Wildman–Crippen MR) is 103 cm³/mol. The normalized spacial score (nSPS) is 14.7. The number of amides is 1. The molecule has 6 heteroatoms. The second-order valence-corrected chi connectivity index (χ2v) is 7.33. The lowest BCUT2D eigenvalue weighted by atomic mass is 10.2. The van der Waals surface area contributed by atoms with Crippen molar-refractivity contribution in [2.45, 2.75) is 0 Å². The van der Waals surface area contributed by atoms with Gasteiger partial charge in [0, 0.05) is 30.9 Å². The number of carbonyl (C=O) groups excluding carboxylic acids is 1. The van der Waals surface area contributed by atoms with Crippen LogP contribution in [0.1, 0.15) is 9.67 Å². The molecule has 0 atom stereocenters. The summed E-state index contributed by atoms with van der Waals surface area (Å²) < 4.78 is 19.7. The van der Waals surface area contributed by atoms with E-state index >= 15 is 0 Å². The molecule has 1 aliphatic rings. The summed E-state index contributed by atoms with van der Waals surface area (Å²) in [5, 5.41) is 0.783. The first-order chi connectivity index (χ1) is 12.7. The van der Waals surface area contributed by atoms with Gasteiger partial charge in [-0.15, -0.1) is 11.3 Å². The van der Waals surface area contributed by atoms with E-state index < -0.39 is 0 Å². The molecule has 0 saturated carbocycles. The summed E-state index contributed by atoms with van der Waals surface area (Å²) in [4.78, 5) is 17.6. The first-order valence-corrected chi connectivity index (χ1v) is 9.34. The molecule has 4 nitrogen and oxygen atoms in total. The molecular formula is C20H19FN2O2S. The van der Waals surface area contributed by atoms with E-state index in [0.29, 0.717) is 18.0 Å². The number of piperazine rings is 1. The first kappa shape index (κ1) is 16.8. The van der Waals surface area contributed by atoms with Gasteiger partial charge < -0.3 is 14.5 Å². The van der Waals surface area contributed by atoms with Crippen LogP contribution in [0, 0.1) is 5.82 Å². The number of methoxy groups -OCH3 is 1. The van der Waals surface area contributed by atoms with E-state index in [1.54, 1.807) is 19.2 Å². The Morgan fingerprint density at radius 2 is 1.85 bits per heavy atom. The number of carbonyl (C=O) groups is 1. The van der Waals surface area contributed by atoms with Gasteiger partial charge in [0.2, 0.25) is 0 Å². The highest BCUT2D eigenvalue weighted by Gasteiger charge is 2.24. The largest absolute Gasteiger partial charge is 0.495 e. The summed E-state index contributed by atoms with van der Waals surface area (Å²) in [6.45, 7) is 2.82. The average Bonchev–Trinajstić information content (AvgIpc) is 3.10. The number of anilines is 1. The molecule has 1 fully saturated rings. The standard InChI is InChI=1S/C20H19FN2O2S/c1-25-17-5-3-2-4-16(17)22-8-10-23(11-9-22)20(24)19-13-14-12-15(21)6-7-18(14)26-19/h2-7,12-13H,8-11H2,1H3. The van der Waals surface area contributed by atoms with Crippen molar-refractivity contribution < 1.29 is 13.9 Å². The second kappa shape index (κ2) is 6.96. The van der Waals surface area contributed by atoms with E-state index in [2.05, 4.69) is 4.90 Å². The fourth-order valence-corrected chi connectivity index (χ4v) is 4.33. The Morgan fingerprint density at radius 1 is 1.08 bits per heavy atom. The van der Waals surface area contributed by atoms with Gasteiger partial charge in [-0.3, -0.25) is 4.79 Å². The zero-order chi connectivity index (χ0) is 18.1. The van der Waals surface area contributed by atoms with E-state index in [9.17, 15) is 9.18 Å². The molecule has 134 valence electrons. The maximum atomic E-state index is 13.4. The number of nitrogens with zero attached hydrogens (tertiary/aromatic N) is 2. The van der Waals surface area contributed by atoms with Crippen molar-refractivity contribution in [3.05, 3.63) is 59.2 Å². The number of para-hydroxylation sites is 2. The molecule has 0 spiro atoms. The Balaban J connectivity index is 1.47. The monoisotopic (exact) mass is 370 g/mol. The van der Waals surface area contributed by atoms with Gasteiger partial charge in [0.15, 0.2) is 0 Å². The molecule has 1 aliphatic heterocycles. The number of halogens is 1. The maximum Gasteiger partial charge on any atom is 0.264 e. The number of thiophene rings is 1. The third-order valence-electron chi connectivity index (χ3n) is 4.68. The van der Waals surface area contributed by atoms with Crippen LogP contribution < -0.4 is 9.64 Å². The molecule has 0 bridgehead atoms. The van der Waals surface area contributed by atoms with Gasteiger partial charge in [-0.05, 0) is 41.8 Å². The van der Waals surface area contributed by atoms with E-state index in [-0.39, 0.29) is 11.7 Å². The van der Waals surface area contributed by atoms with Gasteiger partial charge in [-0.2, -0.15) is 0 Å². The van der Waals surface area contributed by atoms with Crippen molar-refractivity contribution in [2.75, 3.05) is 38.2 Å². The minimum atomic E-state index is -0.278. The Kier molecular flexibility index (Phi) is 4.51. The van der Waals surface area contributed by atoms with E-state index in [1.807, 2.05) is 29.2 Å². The topological polar surface area (TPSA) is 32.8 Å².